The summed E-state index contributed by atoms with van der Waals surface area (Å²) < 4.78 is 0. The minimum Gasteiger partial charge on any atom is -0.356 e. The Bertz CT molecular complexity index is 738. The van der Waals surface area contributed by atoms with Crippen molar-refractivity contribution >= 4 is 11.8 Å². The molecule has 0 aliphatic carbocycles. The summed E-state index contributed by atoms with van der Waals surface area (Å²) in [6, 6.07) is 0. The fourth-order valence-corrected chi connectivity index (χ4v) is 4.53. The van der Waals surface area contributed by atoms with E-state index in [1.807, 2.05) is 0 Å². The summed E-state index contributed by atoms with van der Waals surface area (Å²) in [7, 11) is 0. The van der Waals surface area contributed by atoms with E-state index in [0.29, 0.717) is 25.9 Å². The van der Waals surface area contributed by atoms with Gasteiger partial charge >= 0.3 is 0 Å². The molecule has 0 aliphatic rings. The molecule has 0 aliphatic heterocycles. The number of carbonyl (C=O) groups excluding carboxylic acids is 2. The zero-order valence-corrected chi connectivity index (χ0v) is 28.0. The standard InChI is InChI=1S/C39H66N2O2/c1-3-5-7-9-11-13-15-17-19-21-23-25-27-29-31-34-38(42)40-36-33-37-41-39(43)35-32-30-28-26-24-22-20-18-16-14-12-10-8-6-4-2/h5-8,11-14,17-20H,3-4,9-10,15-16,21-37H2,1-2H3,(H,40,42)(H,41,43)/b7-5-,8-6-,13-11-,14-12-,19-17-,20-18-. The number of carbonyl (C=O) groups is 2. The smallest absolute Gasteiger partial charge is 0.219 e. The molecule has 0 bridgehead atoms. The molecule has 0 aromatic heterocycles. The van der Waals surface area contributed by atoms with Gasteiger partial charge in [-0.15, -0.1) is 0 Å². The van der Waals surface area contributed by atoms with Gasteiger partial charge in [-0.1, -0.05) is 125 Å². The average molecular weight is 595 g/mol. The molecule has 0 fully saturated rings. The molecule has 43 heavy (non-hydrogen) atoms. The number of hydrogen-bond acceptors (Lipinski definition) is 2. The zero-order chi connectivity index (χ0) is 31.3. The fraction of sp³-hybridized carbons (Fsp3) is 0.641. The third-order valence-electron chi connectivity index (χ3n) is 7.11. The normalized spacial score (nSPS) is 12.3. The molecular formula is C39H66N2O2. The van der Waals surface area contributed by atoms with E-state index >= 15 is 0 Å². The summed E-state index contributed by atoms with van der Waals surface area (Å²) in [6.07, 6.45) is 49.0. The first-order valence-corrected chi connectivity index (χ1v) is 17.6. The highest BCUT2D eigenvalue weighted by Crippen LogP contribution is 2.09. The fourth-order valence-electron chi connectivity index (χ4n) is 4.53. The number of unbranched alkanes of at least 4 members (excludes halogenated alkanes) is 10. The lowest BCUT2D eigenvalue weighted by Gasteiger charge is -2.07. The van der Waals surface area contributed by atoms with Crippen molar-refractivity contribution in [3.05, 3.63) is 72.9 Å². The first-order valence-electron chi connectivity index (χ1n) is 17.6. The van der Waals surface area contributed by atoms with Crippen LogP contribution in [0.1, 0.15) is 149 Å². The highest BCUT2D eigenvalue weighted by atomic mass is 16.2. The largest absolute Gasteiger partial charge is 0.356 e. The molecule has 2 amide bonds. The lowest BCUT2D eigenvalue weighted by Crippen LogP contribution is -2.29. The van der Waals surface area contributed by atoms with E-state index in [9.17, 15) is 9.59 Å². The molecular weight excluding hydrogens is 528 g/mol. The summed E-state index contributed by atoms with van der Waals surface area (Å²) in [5.74, 6) is 0.269. The Hall–Kier alpha value is -2.62. The minimum atomic E-state index is 0.135. The number of nitrogens with one attached hydrogen (secondary N) is 2. The Labute approximate surface area is 266 Å². The van der Waals surface area contributed by atoms with Crippen molar-refractivity contribution in [3.8, 4) is 0 Å². The zero-order valence-electron chi connectivity index (χ0n) is 28.0. The number of amides is 2. The van der Waals surface area contributed by atoms with Crippen LogP contribution >= 0.6 is 0 Å². The molecule has 0 atom stereocenters. The van der Waals surface area contributed by atoms with Gasteiger partial charge in [-0.05, 0) is 83.5 Å². The monoisotopic (exact) mass is 595 g/mol. The van der Waals surface area contributed by atoms with E-state index in [1.54, 1.807) is 0 Å². The van der Waals surface area contributed by atoms with Crippen LogP contribution in [0.4, 0.5) is 0 Å². The predicted octanol–water partition coefficient (Wildman–Crippen LogP) is 10.8. The highest BCUT2D eigenvalue weighted by molar-refractivity contribution is 5.76. The Morgan fingerprint density at radius 2 is 0.721 bits per heavy atom. The van der Waals surface area contributed by atoms with E-state index in [-0.39, 0.29) is 11.8 Å². The molecule has 0 rings (SSSR count). The topological polar surface area (TPSA) is 58.2 Å². The van der Waals surface area contributed by atoms with E-state index in [0.717, 1.165) is 83.5 Å². The van der Waals surface area contributed by atoms with Gasteiger partial charge in [0.2, 0.25) is 11.8 Å². The van der Waals surface area contributed by atoms with E-state index in [2.05, 4.69) is 97.4 Å². The Balaban J connectivity index is 3.41. The molecule has 0 aromatic carbocycles. The SMILES string of the molecule is CC/C=C\C/C=C\C/C=C\CCCCCCCC(=O)NCCCNC(=O)CCCCCCC/C=C\C/C=C\C/C=C\CC. The van der Waals surface area contributed by atoms with Gasteiger partial charge in [-0.3, -0.25) is 9.59 Å². The van der Waals surface area contributed by atoms with Crippen molar-refractivity contribution in [3.63, 3.8) is 0 Å². The quantitative estimate of drug-likeness (QED) is 0.0642. The average Bonchev–Trinajstić information content (AvgIpc) is 3.00. The van der Waals surface area contributed by atoms with Crippen LogP contribution in [0.3, 0.4) is 0 Å². The van der Waals surface area contributed by atoms with Gasteiger partial charge in [0.15, 0.2) is 0 Å². The molecule has 0 radical (unpaired) electrons. The van der Waals surface area contributed by atoms with Crippen molar-refractivity contribution in [1.82, 2.24) is 10.6 Å². The number of allylic oxidation sites excluding steroid dienone is 12. The molecule has 0 aromatic rings. The maximum absolute atomic E-state index is 12.0. The van der Waals surface area contributed by atoms with Gasteiger partial charge in [0.05, 0.1) is 0 Å². The van der Waals surface area contributed by atoms with Crippen molar-refractivity contribution < 1.29 is 9.59 Å². The molecule has 0 unspecified atom stereocenters. The van der Waals surface area contributed by atoms with Crippen LogP contribution in [-0.4, -0.2) is 24.9 Å². The molecule has 244 valence electrons. The summed E-state index contributed by atoms with van der Waals surface area (Å²) in [5, 5.41) is 5.97. The molecule has 0 saturated heterocycles. The third kappa shape index (κ3) is 35.5. The molecule has 0 spiro atoms. The van der Waals surface area contributed by atoms with Gasteiger partial charge in [-0.2, -0.15) is 0 Å². The molecule has 0 heterocycles. The second-order valence-corrected chi connectivity index (χ2v) is 11.3. The second-order valence-electron chi connectivity index (χ2n) is 11.3. The second kappa shape index (κ2) is 35.6. The Morgan fingerprint density at radius 1 is 0.395 bits per heavy atom. The van der Waals surface area contributed by atoms with Crippen LogP contribution in [0.15, 0.2) is 72.9 Å². The predicted molar refractivity (Wildman–Crippen MR) is 189 cm³/mol. The van der Waals surface area contributed by atoms with E-state index < -0.39 is 0 Å². The number of rotatable bonds is 30. The Morgan fingerprint density at radius 3 is 1.12 bits per heavy atom. The molecule has 4 heteroatoms. The van der Waals surface area contributed by atoms with Crippen LogP contribution in [-0.2, 0) is 9.59 Å². The summed E-state index contributed by atoms with van der Waals surface area (Å²) in [5.41, 5.74) is 0. The van der Waals surface area contributed by atoms with E-state index in [1.165, 1.54) is 38.5 Å². The van der Waals surface area contributed by atoms with Crippen LogP contribution in [0.2, 0.25) is 0 Å². The highest BCUT2D eigenvalue weighted by Gasteiger charge is 2.02. The summed E-state index contributed by atoms with van der Waals surface area (Å²) >= 11 is 0. The molecule has 2 N–H and O–H groups in total. The van der Waals surface area contributed by atoms with Crippen molar-refractivity contribution in [2.45, 2.75) is 149 Å². The Kier molecular flexibility index (Phi) is 33.4. The van der Waals surface area contributed by atoms with Gasteiger partial charge in [-0.25, -0.2) is 0 Å². The van der Waals surface area contributed by atoms with Crippen LogP contribution < -0.4 is 10.6 Å². The lowest BCUT2D eigenvalue weighted by molar-refractivity contribution is -0.121. The lowest BCUT2D eigenvalue weighted by atomic mass is 10.1. The van der Waals surface area contributed by atoms with Crippen molar-refractivity contribution in [2.24, 2.45) is 0 Å². The van der Waals surface area contributed by atoms with Gasteiger partial charge in [0.1, 0.15) is 0 Å². The summed E-state index contributed by atoms with van der Waals surface area (Å²) in [4.78, 5) is 24.0. The first-order chi connectivity index (χ1) is 21.2. The molecule has 0 saturated carbocycles. The minimum absolute atomic E-state index is 0.135. The maximum Gasteiger partial charge on any atom is 0.219 e. The van der Waals surface area contributed by atoms with E-state index in [4.69, 9.17) is 0 Å². The number of hydrogen-bond donors (Lipinski definition) is 2. The van der Waals surface area contributed by atoms with Crippen LogP contribution in [0.25, 0.3) is 0 Å². The van der Waals surface area contributed by atoms with Gasteiger partial charge in [0.25, 0.3) is 0 Å². The van der Waals surface area contributed by atoms with Gasteiger partial charge in [0, 0.05) is 25.9 Å². The first kappa shape index (κ1) is 40.4. The summed E-state index contributed by atoms with van der Waals surface area (Å²) in [6.45, 7) is 5.59. The van der Waals surface area contributed by atoms with Crippen molar-refractivity contribution in [1.29, 1.82) is 0 Å². The van der Waals surface area contributed by atoms with Crippen LogP contribution in [0.5, 0.6) is 0 Å². The third-order valence-corrected chi connectivity index (χ3v) is 7.11. The maximum atomic E-state index is 12.0. The van der Waals surface area contributed by atoms with Crippen LogP contribution in [0, 0.1) is 0 Å². The molecule has 4 nitrogen and oxygen atoms in total. The van der Waals surface area contributed by atoms with Crippen molar-refractivity contribution in [2.75, 3.05) is 13.1 Å². The van der Waals surface area contributed by atoms with Gasteiger partial charge < -0.3 is 10.6 Å².